The molecule has 0 atom stereocenters. The van der Waals surface area contributed by atoms with E-state index in [1.54, 1.807) is 29.7 Å². The van der Waals surface area contributed by atoms with Crippen LogP contribution in [-0.4, -0.2) is 45.3 Å². The number of hydrogen-bond acceptors (Lipinski definition) is 8. The number of hydrogen-bond donors (Lipinski definition) is 0. The lowest BCUT2D eigenvalue weighted by Crippen LogP contribution is -2.34. The maximum atomic E-state index is 5.54. The zero-order valence-electron chi connectivity index (χ0n) is 18.5. The smallest absolute Gasteiger partial charge is 0.131 e. The summed E-state index contributed by atoms with van der Waals surface area (Å²) >= 11 is 3.45. The minimum atomic E-state index is 0.421. The first-order chi connectivity index (χ1) is 16.7. The van der Waals surface area contributed by atoms with Gasteiger partial charge in [0.25, 0.3) is 0 Å². The van der Waals surface area contributed by atoms with Crippen LogP contribution >= 0.6 is 22.7 Å². The standard InChI is InChI=1S/C23H17B3N6S2/c1-2-12-3-4-17(33-12)13-8-27-15(22-20(13)29-10-31-22)7-16-23-21(30-11-32-23)14(9-28-16)18-5-6-19(34-18)25-26-24/h3-6,8-9H,2,7,10-11H2,1H3. The maximum absolute atomic E-state index is 5.54. The molecule has 0 N–H and O–H groups in total. The van der Waals surface area contributed by atoms with Gasteiger partial charge in [0.05, 0.1) is 22.1 Å². The summed E-state index contributed by atoms with van der Waals surface area (Å²) in [5, 5.41) is 3.55. The molecule has 0 aromatic carbocycles. The number of nitrogens with zero attached hydrogens (tertiary/aromatic N) is 6. The topological polar surface area (TPSA) is 75.2 Å². The Kier molecular flexibility index (Phi) is 5.75. The van der Waals surface area contributed by atoms with Gasteiger partial charge in [0.1, 0.15) is 31.2 Å². The Labute approximate surface area is 207 Å². The summed E-state index contributed by atoms with van der Waals surface area (Å²) in [7, 11) is 8.98. The van der Waals surface area contributed by atoms with Crippen LogP contribution in [0, 0.1) is 0 Å². The lowest BCUT2D eigenvalue weighted by atomic mass is 9.28. The first kappa shape index (κ1) is 21.6. The molecule has 4 aromatic heterocycles. The van der Waals surface area contributed by atoms with Crippen molar-refractivity contribution >= 4 is 49.4 Å². The Morgan fingerprint density at radius 2 is 1.38 bits per heavy atom. The molecule has 0 unspecified atom stereocenters. The number of pyridine rings is 2. The summed E-state index contributed by atoms with van der Waals surface area (Å²) < 4.78 is 1.09. The number of aryl methyl sites for hydroxylation is 1. The predicted octanol–water partition coefficient (Wildman–Crippen LogP) is 0.540. The predicted molar refractivity (Wildman–Crippen MR) is 139 cm³/mol. The summed E-state index contributed by atoms with van der Waals surface area (Å²) in [6.45, 7) is 3.03. The minimum Gasteiger partial charge on any atom is -0.259 e. The molecule has 0 fully saturated rings. The normalized spacial score (nSPS) is 13.3. The van der Waals surface area contributed by atoms with E-state index in [1.807, 2.05) is 25.6 Å². The summed E-state index contributed by atoms with van der Waals surface area (Å²) in [6, 6.07) is 8.45. The van der Waals surface area contributed by atoms with E-state index in [2.05, 4.69) is 45.1 Å². The molecule has 0 saturated carbocycles. The lowest BCUT2D eigenvalue weighted by molar-refractivity contribution is 0.944. The zero-order valence-corrected chi connectivity index (χ0v) is 20.2. The fourth-order valence-corrected chi connectivity index (χ4v) is 6.13. The van der Waals surface area contributed by atoms with Crippen LogP contribution in [-0.2, 0) is 12.8 Å². The first-order valence-electron chi connectivity index (χ1n) is 11.1. The van der Waals surface area contributed by atoms with E-state index in [0.717, 1.165) is 60.0 Å². The molecule has 2 aliphatic heterocycles. The largest absolute Gasteiger partial charge is 0.259 e. The Morgan fingerprint density at radius 1 is 0.794 bits per heavy atom. The Hall–Kier alpha value is -2.91. The second kappa shape index (κ2) is 9.04. The van der Waals surface area contributed by atoms with E-state index in [0.29, 0.717) is 19.8 Å². The zero-order chi connectivity index (χ0) is 23.1. The minimum absolute atomic E-state index is 0.421. The van der Waals surface area contributed by atoms with Crippen LogP contribution in [0.4, 0.5) is 0 Å². The molecule has 0 spiro atoms. The molecule has 4 radical (unpaired) electrons. The highest BCUT2D eigenvalue weighted by atomic mass is 32.1. The Morgan fingerprint density at radius 3 is 1.97 bits per heavy atom. The monoisotopic (exact) mass is 474 g/mol. The molecule has 6 rings (SSSR count). The average molecular weight is 474 g/mol. The fourth-order valence-electron chi connectivity index (χ4n) is 4.24. The highest BCUT2D eigenvalue weighted by Gasteiger charge is 2.17. The van der Waals surface area contributed by atoms with Crippen molar-refractivity contribution in [3.8, 4) is 20.9 Å². The van der Waals surface area contributed by atoms with Crippen molar-refractivity contribution in [2.45, 2.75) is 19.8 Å². The number of rotatable bonds is 7. The first-order valence-corrected chi connectivity index (χ1v) is 12.7. The van der Waals surface area contributed by atoms with Crippen molar-refractivity contribution in [1.29, 1.82) is 0 Å². The van der Waals surface area contributed by atoms with Crippen LogP contribution in [0.3, 0.4) is 0 Å². The molecule has 34 heavy (non-hydrogen) atoms. The van der Waals surface area contributed by atoms with Gasteiger partial charge in [-0.15, -0.1) is 11.3 Å². The van der Waals surface area contributed by atoms with Crippen LogP contribution in [0.15, 0.2) is 56.6 Å². The molecule has 4 aromatic rings. The highest BCUT2D eigenvalue weighted by Crippen LogP contribution is 2.26. The van der Waals surface area contributed by atoms with Crippen LogP contribution in [0.1, 0.15) is 23.2 Å². The third kappa shape index (κ3) is 3.77. The van der Waals surface area contributed by atoms with Gasteiger partial charge in [0.15, 0.2) is 0 Å². The van der Waals surface area contributed by atoms with Crippen LogP contribution in [0.2, 0.25) is 0 Å². The summed E-state index contributed by atoms with van der Waals surface area (Å²) in [4.78, 5) is 31.9. The lowest BCUT2D eigenvalue weighted by Gasteiger charge is -2.05. The molecule has 2 aliphatic rings. The van der Waals surface area contributed by atoms with E-state index in [1.165, 1.54) is 9.75 Å². The Balaban J connectivity index is 1.38. The van der Waals surface area contributed by atoms with Crippen molar-refractivity contribution in [1.82, 2.24) is 9.97 Å². The van der Waals surface area contributed by atoms with Gasteiger partial charge in [-0.05, 0) is 29.4 Å². The molecular formula is C23H17B3N6S2. The van der Waals surface area contributed by atoms with Gasteiger partial charge in [-0.2, -0.15) is 11.3 Å². The van der Waals surface area contributed by atoms with Gasteiger partial charge in [-0.3, -0.25) is 29.9 Å². The molecule has 11 heteroatoms. The van der Waals surface area contributed by atoms with E-state index in [4.69, 9.17) is 17.7 Å². The molecule has 0 saturated heterocycles. The van der Waals surface area contributed by atoms with Crippen molar-refractivity contribution < 1.29 is 0 Å². The molecule has 6 heterocycles. The van der Waals surface area contributed by atoms with Gasteiger partial charge in [0.2, 0.25) is 0 Å². The van der Waals surface area contributed by atoms with Gasteiger partial charge < -0.3 is 0 Å². The number of thiophene rings is 2. The molecular weight excluding hydrogens is 457 g/mol. The third-order valence-corrected chi connectivity index (χ3v) is 8.23. The quantitative estimate of drug-likeness (QED) is 0.367. The molecule has 0 amide bonds. The van der Waals surface area contributed by atoms with Crippen molar-refractivity contribution in [3.63, 3.8) is 0 Å². The van der Waals surface area contributed by atoms with Crippen molar-refractivity contribution in [3.05, 3.63) is 74.4 Å². The van der Waals surface area contributed by atoms with Gasteiger partial charge in [-0.25, -0.2) is 0 Å². The fraction of sp³-hybridized carbons (Fsp3) is 0.217. The summed E-state index contributed by atoms with van der Waals surface area (Å²) in [6.07, 6.45) is 5.39. The molecule has 0 bridgehead atoms. The number of aromatic nitrogens is 2. The highest BCUT2D eigenvalue weighted by molar-refractivity contribution is 7.37. The second-order valence-corrected chi connectivity index (χ2v) is 10.2. The SMILES string of the molecule is [B][B][B]c1ccc(-c2cnc(Cc3ncc(-c4ccc(CC)s4)c4c3=NCN=4)c3c2=NCN=3)s1. The maximum Gasteiger partial charge on any atom is 0.131 e. The average Bonchev–Trinajstić information content (AvgIpc) is 3.66. The molecule has 160 valence electrons. The summed E-state index contributed by atoms with van der Waals surface area (Å²) in [5.41, 5.74) is 3.80. The van der Waals surface area contributed by atoms with E-state index < -0.39 is 0 Å². The van der Waals surface area contributed by atoms with Crippen LogP contribution in [0.5, 0.6) is 0 Å². The van der Waals surface area contributed by atoms with Crippen LogP contribution in [0.25, 0.3) is 20.9 Å². The van der Waals surface area contributed by atoms with Crippen molar-refractivity contribution in [2.75, 3.05) is 13.3 Å². The third-order valence-electron chi connectivity index (χ3n) is 5.88. The number of fused-ring (bicyclic) bond motifs is 2. The van der Waals surface area contributed by atoms with Gasteiger partial charge in [-0.1, -0.05) is 13.0 Å². The van der Waals surface area contributed by atoms with E-state index in [-0.39, 0.29) is 0 Å². The van der Waals surface area contributed by atoms with Crippen molar-refractivity contribution in [2.24, 2.45) is 20.0 Å². The second-order valence-electron chi connectivity index (χ2n) is 7.90. The van der Waals surface area contributed by atoms with Crippen LogP contribution < -0.4 is 26.2 Å². The van der Waals surface area contributed by atoms with Gasteiger partial charge >= 0.3 is 0 Å². The van der Waals surface area contributed by atoms with E-state index in [9.17, 15) is 0 Å². The molecule has 6 nitrogen and oxygen atoms in total. The Bertz CT molecular complexity index is 1660. The summed E-state index contributed by atoms with van der Waals surface area (Å²) in [5.74, 6) is 0. The molecule has 0 aliphatic carbocycles. The van der Waals surface area contributed by atoms with E-state index >= 15 is 0 Å². The van der Waals surface area contributed by atoms with Gasteiger partial charge in [0, 0.05) is 59.4 Å².